The molecule has 2 rings (SSSR count). The van der Waals surface area contributed by atoms with E-state index in [-0.39, 0.29) is 6.23 Å². The summed E-state index contributed by atoms with van der Waals surface area (Å²) in [5, 5.41) is 0. The van der Waals surface area contributed by atoms with Crippen molar-refractivity contribution in [3.63, 3.8) is 0 Å². The lowest BCUT2D eigenvalue weighted by molar-refractivity contribution is 0.337. The van der Waals surface area contributed by atoms with Crippen molar-refractivity contribution >= 4 is 0 Å². The lowest BCUT2D eigenvalue weighted by atomic mass is 10.5. The molecule has 2 unspecified atom stereocenters. The minimum atomic E-state index is 0.257. The average Bonchev–Trinajstić information content (AvgIpc) is 2.44. The molecule has 2 heterocycles. The first-order chi connectivity index (χ1) is 4.38. The number of imidazole rings is 1. The van der Waals surface area contributed by atoms with Crippen molar-refractivity contribution < 1.29 is 4.74 Å². The first-order valence-corrected chi connectivity index (χ1v) is 3.01. The number of rotatable bonds is 1. The second-order valence-electron chi connectivity index (χ2n) is 2.24. The Morgan fingerprint density at radius 1 is 1.67 bits per heavy atom. The van der Waals surface area contributed by atoms with Crippen molar-refractivity contribution in [1.29, 1.82) is 0 Å². The Bertz CT molecular complexity index is 195. The van der Waals surface area contributed by atoms with E-state index in [0.29, 0.717) is 6.10 Å². The fourth-order valence-corrected chi connectivity index (χ4v) is 0.907. The van der Waals surface area contributed by atoms with Crippen molar-refractivity contribution in [3.05, 3.63) is 18.7 Å². The van der Waals surface area contributed by atoms with Crippen molar-refractivity contribution in [3.8, 4) is 0 Å². The number of ether oxygens (including phenoxy) is 1. The largest absolute Gasteiger partial charge is 0.348 e. The van der Waals surface area contributed by atoms with Crippen LogP contribution in [0.2, 0.25) is 0 Å². The molecule has 0 bridgehead atoms. The van der Waals surface area contributed by atoms with E-state index in [9.17, 15) is 0 Å². The third-order valence-electron chi connectivity index (χ3n) is 1.50. The summed E-state index contributed by atoms with van der Waals surface area (Å²) in [6.07, 6.45) is 6.07. The van der Waals surface area contributed by atoms with Gasteiger partial charge in [0.15, 0.2) is 6.23 Å². The van der Waals surface area contributed by atoms with Gasteiger partial charge in [0.25, 0.3) is 0 Å². The fourth-order valence-electron chi connectivity index (χ4n) is 0.907. The lowest BCUT2D eigenvalue weighted by Crippen LogP contribution is -1.91. The van der Waals surface area contributed by atoms with E-state index in [0.717, 1.165) is 0 Å². The molecular formula is C6H8N2O. The maximum Gasteiger partial charge on any atom is 0.161 e. The third-order valence-corrected chi connectivity index (χ3v) is 1.50. The van der Waals surface area contributed by atoms with Crippen molar-refractivity contribution in [2.75, 3.05) is 0 Å². The van der Waals surface area contributed by atoms with Crippen molar-refractivity contribution in [2.24, 2.45) is 0 Å². The lowest BCUT2D eigenvalue weighted by Gasteiger charge is -1.89. The molecule has 0 N–H and O–H groups in total. The Morgan fingerprint density at radius 3 is 2.89 bits per heavy atom. The Morgan fingerprint density at radius 2 is 2.44 bits per heavy atom. The molecule has 3 nitrogen and oxygen atoms in total. The van der Waals surface area contributed by atoms with Crippen molar-refractivity contribution in [1.82, 2.24) is 9.55 Å². The highest BCUT2D eigenvalue weighted by molar-refractivity contribution is 4.85. The van der Waals surface area contributed by atoms with Crippen LogP contribution in [0, 0.1) is 0 Å². The van der Waals surface area contributed by atoms with Crippen LogP contribution < -0.4 is 0 Å². The van der Waals surface area contributed by atoms with Crippen LogP contribution in [0.15, 0.2) is 18.7 Å². The van der Waals surface area contributed by atoms with Crippen LogP contribution in [0.3, 0.4) is 0 Å². The monoisotopic (exact) mass is 124 g/mol. The van der Waals surface area contributed by atoms with E-state index in [4.69, 9.17) is 4.74 Å². The predicted molar refractivity (Wildman–Crippen MR) is 31.8 cm³/mol. The Kier molecular flexibility index (Phi) is 0.873. The highest BCUT2D eigenvalue weighted by Crippen LogP contribution is 2.31. The molecule has 1 saturated heterocycles. The van der Waals surface area contributed by atoms with Gasteiger partial charge in [0.2, 0.25) is 0 Å². The van der Waals surface area contributed by atoms with Gasteiger partial charge in [-0.2, -0.15) is 0 Å². The fraction of sp³-hybridized carbons (Fsp3) is 0.500. The van der Waals surface area contributed by atoms with Gasteiger partial charge in [0, 0.05) is 12.4 Å². The number of aromatic nitrogens is 2. The van der Waals surface area contributed by atoms with E-state index >= 15 is 0 Å². The predicted octanol–water partition coefficient (Wildman–Crippen LogP) is 0.800. The van der Waals surface area contributed by atoms with Crippen LogP contribution in [0.1, 0.15) is 13.2 Å². The van der Waals surface area contributed by atoms with Crippen LogP contribution in [0.25, 0.3) is 0 Å². The Hall–Kier alpha value is -0.830. The summed E-state index contributed by atoms with van der Waals surface area (Å²) in [6.45, 7) is 2.05. The molecule has 2 atom stereocenters. The maximum absolute atomic E-state index is 5.18. The molecule has 1 fully saturated rings. The normalized spacial score (nSPS) is 32.6. The number of hydrogen-bond acceptors (Lipinski definition) is 2. The van der Waals surface area contributed by atoms with Gasteiger partial charge in [-0.3, -0.25) is 0 Å². The summed E-state index contributed by atoms with van der Waals surface area (Å²) in [6, 6.07) is 0. The average molecular weight is 124 g/mol. The molecule has 1 aromatic rings. The summed E-state index contributed by atoms with van der Waals surface area (Å²) in [7, 11) is 0. The van der Waals surface area contributed by atoms with Gasteiger partial charge in [-0.05, 0) is 6.92 Å². The Labute approximate surface area is 53.3 Å². The third kappa shape index (κ3) is 0.733. The van der Waals surface area contributed by atoms with Gasteiger partial charge in [-0.1, -0.05) is 0 Å². The molecule has 0 radical (unpaired) electrons. The SMILES string of the molecule is CC1OC1n1ccnc1. The molecule has 1 aliphatic heterocycles. The molecule has 0 spiro atoms. The Balaban J connectivity index is 2.18. The standard InChI is InChI=1S/C6H8N2O/c1-5-6(9-5)8-3-2-7-4-8/h2-6H,1H3. The zero-order valence-electron chi connectivity index (χ0n) is 5.19. The minimum absolute atomic E-state index is 0.257. The topological polar surface area (TPSA) is 30.4 Å². The summed E-state index contributed by atoms with van der Waals surface area (Å²) in [5.74, 6) is 0. The first-order valence-electron chi connectivity index (χ1n) is 3.01. The molecule has 9 heavy (non-hydrogen) atoms. The van der Waals surface area contributed by atoms with Gasteiger partial charge in [0.1, 0.15) is 6.10 Å². The van der Waals surface area contributed by atoms with E-state index in [2.05, 4.69) is 4.98 Å². The van der Waals surface area contributed by atoms with Crippen LogP contribution in [0.4, 0.5) is 0 Å². The molecule has 0 amide bonds. The van der Waals surface area contributed by atoms with Gasteiger partial charge >= 0.3 is 0 Å². The first kappa shape index (κ1) is 4.99. The minimum Gasteiger partial charge on any atom is -0.348 e. The van der Waals surface area contributed by atoms with Gasteiger partial charge in [0.05, 0.1) is 6.33 Å². The smallest absolute Gasteiger partial charge is 0.161 e. The quantitative estimate of drug-likeness (QED) is 0.518. The van der Waals surface area contributed by atoms with Crippen LogP contribution in [-0.2, 0) is 4.74 Å². The van der Waals surface area contributed by atoms with Gasteiger partial charge < -0.3 is 9.30 Å². The van der Waals surface area contributed by atoms with E-state index in [1.165, 1.54) is 0 Å². The van der Waals surface area contributed by atoms with Gasteiger partial charge in [-0.25, -0.2) is 4.98 Å². The second kappa shape index (κ2) is 1.57. The number of epoxide rings is 1. The molecular weight excluding hydrogens is 116 g/mol. The molecule has 0 aromatic carbocycles. The van der Waals surface area contributed by atoms with Crippen LogP contribution in [0.5, 0.6) is 0 Å². The van der Waals surface area contributed by atoms with Gasteiger partial charge in [-0.15, -0.1) is 0 Å². The molecule has 48 valence electrons. The summed E-state index contributed by atoms with van der Waals surface area (Å²) < 4.78 is 7.15. The molecule has 0 saturated carbocycles. The molecule has 1 aliphatic rings. The second-order valence-corrected chi connectivity index (χ2v) is 2.24. The maximum atomic E-state index is 5.18. The molecule has 1 aromatic heterocycles. The number of nitrogens with zero attached hydrogens (tertiary/aromatic N) is 2. The van der Waals surface area contributed by atoms with Crippen LogP contribution >= 0.6 is 0 Å². The summed E-state index contributed by atoms with van der Waals surface area (Å²) in [4.78, 5) is 3.90. The number of hydrogen-bond donors (Lipinski definition) is 0. The summed E-state index contributed by atoms with van der Waals surface area (Å²) in [5.41, 5.74) is 0. The highest BCUT2D eigenvalue weighted by atomic mass is 16.6. The zero-order valence-corrected chi connectivity index (χ0v) is 5.19. The van der Waals surface area contributed by atoms with E-state index < -0.39 is 0 Å². The van der Waals surface area contributed by atoms with E-state index in [1.807, 2.05) is 17.7 Å². The zero-order chi connectivity index (χ0) is 6.27. The van der Waals surface area contributed by atoms with E-state index in [1.54, 1.807) is 12.5 Å². The molecule has 3 heteroatoms. The van der Waals surface area contributed by atoms with Crippen molar-refractivity contribution in [2.45, 2.75) is 19.3 Å². The highest BCUT2D eigenvalue weighted by Gasteiger charge is 2.35. The summed E-state index contributed by atoms with van der Waals surface area (Å²) >= 11 is 0. The molecule has 0 aliphatic carbocycles. The van der Waals surface area contributed by atoms with Crippen LogP contribution in [-0.4, -0.2) is 15.7 Å².